The molecule has 0 saturated carbocycles. The summed E-state index contributed by atoms with van der Waals surface area (Å²) in [6.45, 7) is 3.76. The third-order valence-electron chi connectivity index (χ3n) is 2.92. The van der Waals surface area contributed by atoms with Crippen LogP contribution >= 0.6 is 15.9 Å². The summed E-state index contributed by atoms with van der Waals surface area (Å²) in [7, 11) is 1.35. The molecule has 90 valence electrons. The van der Waals surface area contributed by atoms with Gasteiger partial charge in [0.2, 0.25) is 0 Å². The highest BCUT2D eigenvalue weighted by Gasteiger charge is 2.22. The molecule has 0 radical (unpaired) electrons. The Morgan fingerprint density at radius 2 is 2.06 bits per heavy atom. The molecule has 0 bridgehead atoms. The van der Waals surface area contributed by atoms with Crippen LogP contribution in [0.4, 0.5) is 5.82 Å². The Kier molecular flexibility index (Phi) is 3.69. The first-order chi connectivity index (χ1) is 7.63. The van der Waals surface area contributed by atoms with Crippen LogP contribution in [-0.2, 0) is 23.2 Å². The Labute approximate surface area is 107 Å². The Hall–Kier alpha value is -0.360. The maximum atomic E-state index is 11.3. The van der Waals surface area contributed by atoms with Gasteiger partial charge in [-0.05, 0) is 6.92 Å². The van der Waals surface area contributed by atoms with Gasteiger partial charge < -0.3 is 4.90 Å². The van der Waals surface area contributed by atoms with Crippen LogP contribution in [0.25, 0.3) is 0 Å². The lowest BCUT2D eigenvalue weighted by molar-refractivity contribution is 0.665. The summed E-state index contributed by atoms with van der Waals surface area (Å²) in [5.74, 6) is 2.71. The van der Waals surface area contributed by atoms with Crippen LogP contribution in [0.15, 0.2) is 0 Å². The van der Waals surface area contributed by atoms with E-state index in [2.05, 4.69) is 25.9 Å². The van der Waals surface area contributed by atoms with Crippen molar-refractivity contribution in [1.29, 1.82) is 0 Å². The minimum absolute atomic E-state index is 0.626. The summed E-state index contributed by atoms with van der Waals surface area (Å²) in [6, 6.07) is 0. The Morgan fingerprint density at radius 1 is 1.44 bits per heavy atom. The van der Waals surface area contributed by atoms with Crippen molar-refractivity contribution in [2.45, 2.75) is 12.3 Å². The van der Waals surface area contributed by atoms with Gasteiger partial charge in [0, 0.05) is 53.3 Å². The average Bonchev–Trinajstić information content (AvgIpc) is 2.54. The van der Waals surface area contributed by atoms with Crippen LogP contribution in [0.2, 0.25) is 0 Å². The first kappa shape index (κ1) is 12.1. The molecule has 6 heteroatoms. The minimum atomic E-state index is -0.626. The summed E-state index contributed by atoms with van der Waals surface area (Å²) < 4.78 is 13.3. The number of aryl methyl sites for hydroxylation is 2. The molecule has 0 aliphatic carbocycles. The second-order valence-electron chi connectivity index (χ2n) is 3.98. The monoisotopic (exact) mass is 305 g/mol. The van der Waals surface area contributed by atoms with E-state index in [0.29, 0.717) is 0 Å². The molecule has 0 spiro atoms. The lowest BCUT2D eigenvalue weighted by Gasteiger charge is -2.29. The Morgan fingerprint density at radius 3 is 2.62 bits per heavy atom. The van der Waals surface area contributed by atoms with Gasteiger partial charge in [0.05, 0.1) is 5.69 Å². The fraction of sp³-hybridized carbons (Fsp3) is 0.700. The highest BCUT2D eigenvalue weighted by atomic mass is 79.9. The van der Waals surface area contributed by atoms with Gasteiger partial charge in [0.15, 0.2) is 0 Å². The van der Waals surface area contributed by atoms with Gasteiger partial charge in [-0.15, -0.1) is 0 Å². The zero-order valence-electron chi connectivity index (χ0n) is 9.57. The lowest BCUT2D eigenvalue weighted by Crippen LogP contribution is -2.39. The van der Waals surface area contributed by atoms with E-state index in [0.717, 1.165) is 35.6 Å². The van der Waals surface area contributed by atoms with Crippen molar-refractivity contribution in [3.8, 4) is 0 Å². The van der Waals surface area contributed by atoms with E-state index in [-0.39, 0.29) is 0 Å². The number of hydrogen-bond donors (Lipinski definition) is 0. The summed E-state index contributed by atoms with van der Waals surface area (Å²) >= 11 is 3.51. The summed E-state index contributed by atoms with van der Waals surface area (Å²) in [4.78, 5) is 2.29. The zero-order valence-corrected chi connectivity index (χ0v) is 12.0. The van der Waals surface area contributed by atoms with Gasteiger partial charge >= 0.3 is 0 Å². The molecule has 2 heterocycles. The number of hydrogen-bond acceptors (Lipinski definition) is 3. The van der Waals surface area contributed by atoms with Crippen LogP contribution in [0.5, 0.6) is 0 Å². The molecule has 0 N–H and O–H groups in total. The second-order valence-corrected chi connectivity index (χ2v) is 6.24. The molecule has 0 unspecified atom stereocenters. The normalized spacial score (nSPS) is 18.1. The summed E-state index contributed by atoms with van der Waals surface area (Å²) in [5, 5.41) is 5.27. The van der Waals surface area contributed by atoms with E-state index in [1.807, 2.05) is 18.7 Å². The SMILES string of the molecule is Cc1nn(C)c(N2CCS(=O)CC2)c1CBr. The summed E-state index contributed by atoms with van der Waals surface area (Å²) in [6.07, 6.45) is 0. The quantitative estimate of drug-likeness (QED) is 0.771. The van der Waals surface area contributed by atoms with Crippen molar-refractivity contribution in [3.05, 3.63) is 11.3 Å². The molecule has 1 aromatic heterocycles. The zero-order chi connectivity index (χ0) is 11.7. The molecule has 1 aliphatic heterocycles. The second kappa shape index (κ2) is 4.87. The van der Waals surface area contributed by atoms with Crippen molar-refractivity contribution in [2.75, 3.05) is 29.5 Å². The van der Waals surface area contributed by atoms with Crippen LogP contribution in [0.1, 0.15) is 11.3 Å². The molecule has 1 aliphatic rings. The molecule has 1 aromatic rings. The first-order valence-corrected chi connectivity index (χ1v) is 7.92. The standard InChI is InChI=1S/C10H16BrN3OS/c1-8-9(7-11)10(13(2)12-8)14-3-5-16(15)6-4-14/h3-7H2,1-2H3. The maximum absolute atomic E-state index is 11.3. The van der Waals surface area contributed by atoms with Crippen LogP contribution in [0.3, 0.4) is 0 Å². The van der Waals surface area contributed by atoms with Gasteiger partial charge in [-0.25, -0.2) is 0 Å². The predicted octanol–water partition coefficient (Wildman–Crippen LogP) is 1.19. The smallest absolute Gasteiger partial charge is 0.130 e. The molecule has 0 atom stereocenters. The molecule has 1 saturated heterocycles. The van der Waals surface area contributed by atoms with Gasteiger partial charge in [-0.1, -0.05) is 15.9 Å². The van der Waals surface area contributed by atoms with Crippen LogP contribution in [-0.4, -0.2) is 38.6 Å². The van der Waals surface area contributed by atoms with Gasteiger partial charge in [0.25, 0.3) is 0 Å². The molecular formula is C10H16BrN3OS. The third kappa shape index (κ3) is 2.18. The lowest BCUT2D eigenvalue weighted by atomic mass is 10.2. The maximum Gasteiger partial charge on any atom is 0.130 e. The van der Waals surface area contributed by atoms with E-state index in [9.17, 15) is 4.21 Å². The number of rotatable bonds is 2. The molecule has 2 rings (SSSR count). The van der Waals surface area contributed by atoms with Gasteiger partial charge in [-0.3, -0.25) is 8.89 Å². The number of anilines is 1. The summed E-state index contributed by atoms with van der Waals surface area (Å²) in [5.41, 5.74) is 2.32. The highest BCUT2D eigenvalue weighted by molar-refractivity contribution is 9.08. The molecule has 1 fully saturated rings. The van der Waals surface area contributed by atoms with Crippen molar-refractivity contribution < 1.29 is 4.21 Å². The average molecular weight is 306 g/mol. The van der Waals surface area contributed by atoms with E-state index in [4.69, 9.17) is 0 Å². The Balaban J connectivity index is 2.29. The van der Waals surface area contributed by atoms with Crippen molar-refractivity contribution >= 4 is 32.5 Å². The van der Waals surface area contributed by atoms with E-state index in [1.54, 1.807) is 0 Å². The highest BCUT2D eigenvalue weighted by Crippen LogP contribution is 2.26. The number of aromatic nitrogens is 2. The van der Waals surface area contributed by atoms with Crippen molar-refractivity contribution in [3.63, 3.8) is 0 Å². The molecule has 0 amide bonds. The van der Waals surface area contributed by atoms with Crippen molar-refractivity contribution in [2.24, 2.45) is 7.05 Å². The van der Waals surface area contributed by atoms with E-state index >= 15 is 0 Å². The van der Waals surface area contributed by atoms with E-state index in [1.165, 1.54) is 11.4 Å². The number of halogens is 1. The Bertz CT molecular complexity index is 408. The predicted molar refractivity (Wildman–Crippen MR) is 70.7 cm³/mol. The first-order valence-electron chi connectivity index (χ1n) is 5.32. The van der Waals surface area contributed by atoms with Crippen LogP contribution < -0.4 is 4.90 Å². The molecule has 16 heavy (non-hydrogen) atoms. The largest absolute Gasteiger partial charge is 0.355 e. The van der Waals surface area contributed by atoms with E-state index < -0.39 is 10.8 Å². The van der Waals surface area contributed by atoms with Gasteiger partial charge in [-0.2, -0.15) is 5.10 Å². The molecule has 4 nitrogen and oxygen atoms in total. The molecular weight excluding hydrogens is 290 g/mol. The fourth-order valence-corrected chi connectivity index (χ4v) is 3.80. The topological polar surface area (TPSA) is 38.1 Å². The molecule has 0 aromatic carbocycles. The number of nitrogens with zero attached hydrogens (tertiary/aromatic N) is 3. The minimum Gasteiger partial charge on any atom is -0.355 e. The number of alkyl halides is 1. The third-order valence-corrected chi connectivity index (χ3v) is 4.76. The fourth-order valence-electron chi connectivity index (χ4n) is 2.09. The van der Waals surface area contributed by atoms with Crippen molar-refractivity contribution in [1.82, 2.24) is 9.78 Å². The van der Waals surface area contributed by atoms with Gasteiger partial charge in [0.1, 0.15) is 5.82 Å². The van der Waals surface area contributed by atoms with Crippen LogP contribution in [0, 0.1) is 6.92 Å².